The van der Waals surface area contributed by atoms with E-state index in [2.05, 4.69) is 25.9 Å². The van der Waals surface area contributed by atoms with Gasteiger partial charge in [0, 0.05) is 43.8 Å². The van der Waals surface area contributed by atoms with Gasteiger partial charge in [-0.3, -0.25) is 19.4 Å². The van der Waals surface area contributed by atoms with Gasteiger partial charge in [-0.15, -0.1) is 0 Å². The lowest BCUT2D eigenvalue weighted by molar-refractivity contribution is 0.196. The second kappa shape index (κ2) is 7.11. The fraction of sp³-hybridized carbons (Fsp3) is 0.368. The van der Waals surface area contributed by atoms with Crippen molar-refractivity contribution in [2.24, 2.45) is 0 Å². The zero-order valence-corrected chi connectivity index (χ0v) is 14.4. The van der Waals surface area contributed by atoms with Crippen LogP contribution in [0.4, 0.5) is 0 Å². The molecule has 1 unspecified atom stereocenters. The van der Waals surface area contributed by atoms with Crippen molar-refractivity contribution in [3.8, 4) is 5.82 Å². The highest BCUT2D eigenvalue weighted by atomic mass is 15.2. The molecular weight excluding hydrogens is 312 g/mol. The maximum absolute atomic E-state index is 4.86. The lowest BCUT2D eigenvalue weighted by Gasteiger charge is -2.32. The van der Waals surface area contributed by atoms with E-state index in [1.807, 2.05) is 42.2 Å². The van der Waals surface area contributed by atoms with E-state index < -0.39 is 0 Å². The van der Waals surface area contributed by atoms with Gasteiger partial charge in [0.05, 0.1) is 17.6 Å². The number of imidazole rings is 1. The summed E-state index contributed by atoms with van der Waals surface area (Å²) in [6.45, 7) is 4.98. The number of likely N-dealkylation sites (tertiary alicyclic amines) is 1. The molecule has 1 saturated heterocycles. The van der Waals surface area contributed by atoms with E-state index in [1.54, 1.807) is 12.4 Å². The minimum atomic E-state index is 0.411. The molecule has 128 valence electrons. The summed E-state index contributed by atoms with van der Waals surface area (Å²) in [5.41, 5.74) is 2.19. The number of hydrogen-bond acceptors (Lipinski definition) is 5. The van der Waals surface area contributed by atoms with Crippen molar-refractivity contribution in [3.63, 3.8) is 0 Å². The molecule has 25 heavy (non-hydrogen) atoms. The van der Waals surface area contributed by atoms with Crippen molar-refractivity contribution in [1.29, 1.82) is 0 Å². The van der Waals surface area contributed by atoms with E-state index in [1.165, 1.54) is 6.42 Å². The lowest BCUT2D eigenvalue weighted by atomic mass is 9.95. The number of nitrogens with zero attached hydrogens (tertiary/aromatic N) is 6. The van der Waals surface area contributed by atoms with E-state index in [0.717, 1.165) is 49.1 Å². The molecule has 0 aliphatic carbocycles. The second-order valence-electron chi connectivity index (χ2n) is 6.54. The molecule has 0 bridgehead atoms. The highest BCUT2D eigenvalue weighted by Crippen LogP contribution is 2.26. The first-order chi connectivity index (χ1) is 12.3. The molecule has 4 heterocycles. The van der Waals surface area contributed by atoms with E-state index in [0.29, 0.717) is 5.92 Å². The van der Waals surface area contributed by atoms with Crippen LogP contribution in [0.2, 0.25) is 0 Å². The Kier molecular flexibility index (Phi) is 4.52. The number of aromatic nitrogens is 5. The summed E-state index contributed by atoms with van der Waals surface area (Å²) in [5.74, 6) is 2.18. The number of pyridine rings is 1. The number of hydrogen-bond donors (Lipinski definition) is 0. The fourth-order valence-corrected chi connectivity index (χ4v) is 3.46. The van der Waals surface area contributed by atoms with Crippen LogP contribution < -0.4 is 0 Å². The topological polar surface area (TPSA) is 59.7 Å². The van der Waals surface area contributed by atoms with Crippen LogP contribution >= 0.6 is 0 Å². The minimum absolute atomic E-state index is 0.411. The Morgan fingerprint density at radius 1 is 1.16 bits per heavy atom. The molecule has 4 rings (SSSR count). The number of aryl methyl sites for hydroxylation is 1. The van der Waals surface area contributed by atoms with Crippen LogP contribution in [-0.2, 0) is 6.54 Å². The zero-order valence-electron chi connectivity index (χ0n) is 14.4. The van der Waals surface area contributed by atoms with Gasteiger partial charge in [-0.1, -0.05) is 6.07 Å². The Balaban J connectivity index is 1.51. The Morgan fingerprint density at radius 2 is 2.12 bits per heavy atom. The van der Waals surface area contributed by atoms with Gasteiger partial charge in [0.2, 0.25) is 0 Å². The van der Waals surface area contributed by atoms with Gasteiger partial charge in [-0.2, -0.15) is 0 Å². The second-order valence-corrected chi connectivity index (χ2v) is 6.54. The van der Waals surface area contributed by atoms with E-state index in [-0.39, 0.29) is 0 Å². The molecule has 6 nitrogen and oxygen atoms in total. The van der Waals surface area contributed by atoms with E-state index in [9.17, 15) is 0 Å². The van der Waals surface area contributed by atoms with E-state index in [4.69, 9.17) is 4.98 Å². The SMILES string of the molecule is Cc1nccn1-c1cncc(C2CCCN(Cc3ccccn3)C2)n1. The molecule has 1 aliphatic rings. The highest BCUT2D eigenvalue weighted by Gasteiger charge is 2.23. The summed E-state index contributed by atoms with van der Waals surface area (Å²) in [4.78, 5) is 20.5. The smallest absolute Gasteiger partial charge is 0.156 e. The van der Waals surface area contributed by atoms with Gasteiger partial charge in [-0.05, 0) is 38.4 Å². The third-order valence-corrected chi connectivity index (χ3v) is 4.75. The number of piperidine rings is 1. The van der Waals surface area contributed by atoms with Crippen molar-refractivity contribution in [2.45, 2.75) is 32.2 Å². The predicted octanol–water partition coefficient (Wildman–Crippen LogP) is 2.75. The lowest BCUT2D eigenvalue weighted by Crippen LogP contribution is -2.34. The molecule has 6 heteroatoms. The van der Waals surface area contributed by atoms with Gasteiger partial charge in [0.25, 0.3) is 0 Å². The highest BCUT2D eigenvalue weighted by molar-refractivity contribution is 5.24. The van der Waals surface area contributed by atoms with Crippen molar-refractivity contribution >= 4 is 0 Å². The van der Waals surface area contributed by atoms with Crippen LogP contribution in [0.25, 0.3) is 5.82 Å². The monoisotopic (exact) mass is 334 g/mol. The predicted molar refractivity (Wildman–Crippen MR) is 95.4 cm³/mol. The summed E-state index contributed by atoms with van der Waals surface area (Å²) in [6.07, 6.45) is 11.6. The molecule has 1 fully saturated rings. The average molecular weight is 334 g/mol. The normalized spacial score (nSPS) is 18.4. The fourth-order valence-electron chi connectivity index (χ4n) is 3.46. The molecule has 0 aromatic carbocycles. The molecule has 0 N–H and O–H groups in total. The Labute approximate surface area is 147 Å². The summed E-state index contributed by atoms with van der Waals surface area (Å²) >= 11 is 0. The van der Waals surface area contributed by atoms with Gasteiger partial charge < -0.3 is 0 Å². The minimum Gasteiger partial charge on any atom is -0.297 e. The van der Waals surface area contributed by atoms with Gasteiger partial charge >= 0.3 is 0 Å². The molecule has 1 aliphatic heterocycles. The van der Waals surface area contributed by atoms with Gasteiger partial charge in [0.1, 0.15) is 5.82 Å². The molecule has 0 spiro atoms. The maximum Gasteiger partial charge on any atom is 0.156 e. The van der Waals surface area contributed by atoms with Crippen molar-refractivity contribution in [3.05, 3.63) is 66.4 Å². The molecule has 1 atom stereocenters. The van der Waals surface area contributed by atoms with Crippen LogP contribution in [0.15, 0.2) is 49.2 Å². The molecule has 3 aromatic rings. The maximum atomic E-state index is 4.86. The summed E-state index contributed by atoms with van der Waals surface area (Å²) in [5, 5.41) is 0. The van der Waals surface area contributed by atoms with Crippen molar-refractivity contribution in [1.82, 2.24) is 29.4 Å². The quantitative estimate of drug-likeness (QED) is 0.734. The molecule has 0 amide bonds. The average Bonchev–Trinajstić information content (AvgIpc) is 3.09. The first-order valence-electron chi connectivity index (χ1n) is 8.74. The third kappa shape index (κ3) is 3.58. The first-order valence-corrected chi connectivity index (χ1v) is 8.74. The summed E-state index contributed by atoms with van der Waals surface area (Å²) in [6, 6.07) is 6.10. The summed E-state index contributed by atoms with van der Waals surface area (Å²) in [7, 11) is 0. The number of rotatable bonds is 4. The largest absolute Gasteiger partial charge is 0.297 e. The van der Waals surface area contributed by atoms with Crippen LogP contribution in [0, 0.1) is 6.92 Å². The first kappa shape index (κ1) is 15.9. The molecule has 0 saturated carbocycles. The summed E-state index contributed by atoms with van der Waals surface area (Å²) < 4.78 is 1.98. The molecular formula is C19H22N6. The van der Waals surface area contributed by atoms with Crippen LogP contribution in [0.5, 0.6) is 0 Å². The van der Waals surface area contributed by atoms with E-state index >= 15 is 0 Å². The van der Waals surface area contributed by atoms with Gasteiger partial charge in [-0.25, -0.2) is 9.97 Å². The Morgan fingerprint density at radius 3 is 2.92 bits per heavy atom. The Hall–Kier alpha value is -2.60. The third-order valence-electron chi connectivity index (χ3n) is 4.75. The van der Waals surface area contributed by atoms with Crippen molar-refractivity contribution < 1.29 is 0 Å². The molecule has 3 aromatic heterocycles. The van der Waals surface area contributed by atoms with Crippen LogP contribution in [0.1, 0.15) is 36.0 Å². The van der Waals surface area contributed by atoms with Crippen LogP contribution in [-0.4, -0.2) is 42.5 Å². The van der Waals surface area contributed by atoms with Gasteiger partial charge in [0.15, 0.2) is 5.82 Å². The Bertz CT molecular complexity index is 829. The standard InChI is InChI=1S/C19H22N6/c1-15-21-8-10-25(15)19-12-20-11-18(23-19)16-5-4-9-24(13-16)14-17-6-2-3-7-22-17/h2-3,6-8,10-12,16H,4-5,9,13-14H2,1H3. The van der Waals surface area contributed by atoms with Crippen LogP contribution in [0.3, 0.4) is 0 Å². The molecule has 0 radical (unpaired) electrons. The van der Waals surface area contributed by atoms with Crippen molar-refractivity contribution in [2.75, 3.05) is 13.1 Å². The zero-order chi connectivity index (χ0) is 17.1.